The number of amides is 1. The van der Waals surface area contributed by atoms with E-state index in [0.717, 1.165) is 29.3 Å². The van der Waals surface area contributed by atoms with E-state index < -0.39 is 0 Å². The lowest BCUT2D eigenvalue weighted by Gasteiger charge is -2.16. The van der Waals surface area contributed by atoms with E-state index in [0.29, 0.717) is 0 Å². The molecule has 0 saturated heterocycles. The van der Waals surface area contributed by atoms with Crippen LogP contribution in [0, 0.1) is 0 Å². The molecular formula is C17H15IN2O. The number of aromatic nitrogens is 1. The molecule has 4 heteroatoms. The normalized spacial score (nSPS) is 15.6. The summed E-state index contributed by atoms with van der Waals surface area (Å²) in [5, 5.41) is 5.15. The fraction of sp³-hybridized carbons (Fsp3) is 0.176. The van der Waals surface area contributed by atoms with Crippen LogP contribution in [0.5, 0.6) is 0 Å². The maximum atomic E-state index is 12.4. The van der Waals surface area contributed by atoms with E-state index >= 15 is 0 Å². The molecule has 21 heavy (non-hydrogen) atoms. The number of hydrogen-bond donors (Lipinski definition) is 1. The van der Waals surface area contributed by atoms with Crippen molar-refractivity contribution in [1.29, 1.82) is 0 Å². The van der Waals surface area contributed by atoms with Crippen molar-refractivity contribution >= 4 is 45.0 Å². The highest BCUT2D eigenvalue weighted by Gasteiger charge is 2.19. The van der Waals surface area contributed by atoms with Crippen LogP contribution in [-0.2, 0) is 4.79 Å². The van der Waals surface area contributed by atoms with E-state index in [1.807, 2.05) is 42.6 Å². The first kappa shape index (κ1) is 14.3. The molecule has 0 saturated carbocycles. The summed E-state index contributed by atoms with van der Waals surface area (Å²) in [5.41, 5.74) is 2.01. The molecule has 1 amide bonds. The molecule has 3 rings (SSSR count). The second kappa shape index (κ2) is 6.39. The largest absolute Gasteiger partial charge is 0.325 e. The molecule has 0 unspecified atom stereocenters. The highest BCUT2D eigenvalue weighted by Crippen LogP contribution is 2.24. The van der Waals surface area contributed by atoms with Gasteiger partial charge in [-0.1, -0.05) is 46.9 Å². The molecule has 0 bridgehead atoms. The van der Waals surface area contributed by atoms with Gasteiger partial charge in [-0.3, -0.25) is 9.78 Å². The Kier molecular flexibility index (Phi) is 4.34. The topological polar surface area (TPSA) is 42.0 Å². The van der Waals surface area contributed by atoms with Crippen LogP contribution in [0.4, 0.5) is 5.69 Å². The molecule has 0 fully saturated rings. The minimum atomic E-state index is -0.124. The zero-order chi connectivity index (χ0) is 14.7. The van der Waals surface area contributed by atoms with Gasteiger partial charge in [0.25, 0.3) is 0 Å². The van der Waals surface area contributed by atoms with E-state index in [1.54, 1.807) is 6.20 Å². The number of pyridine rings is 1. The molecule has 1 aliphatic carbocycles. The fourth-order valence-corrected chi connectivity index (χ4v) is 3.04. The first-order valence-electron chi connectivity index (χ1n) is 6.88. The SMILES string of the molecule is O=C(Nc1ccc2cnccc2c1)[C@H](I)C1=CC=CCC1. The van der Waals surface area contributed by atoms with E-state index in [9.17, 15) is 4.79 Å². The summed E-state index contributed by atoms with van der Waals surface area (Å²) in [5.74, 6) is 0.0329. The Labute approximate surface area is 137 Å². The van der Waals surface area contributed by atoms with Crippen LogP contribution in [-0.4, -0.2) is 14.8 Å². The molecule has 2 aromatic rings. The third-order valence-corrected chi connectivity index (χ3v) is 4.88. The monoisotopic (exact) mass is 390 g/mol. The van der Waals surface area contributed by atoms with Crippen LogP contribution >= 0.6 is 22.6 Å². The van der Waals surface area contributed by atoms with Gasteiger partial charge in [0, 0.05) is 23.5 Å². The zero-order valence-corrected chi connectivity index (χ0v) is 13.6. The number of nitrogens with one attached hydrogen (secondary N) is 1. The number of rotatable bonds is 3. The van der Waals surface area contributed by atoms with Crippen LogP contribution in [0.25, 0.3) is 10.8 Å². The second-order valence-corrected chi connectivity index (χ2v) is 6.24. The van der Waals surface area contributed by atoms with Gasteiger partial charge in [0.2, 0.25) is 5.91 Å². The molecule has 106 valence electrons. The minimum Gasteiger partial charge on any atom is -0.325 e. The number of fused-ring (bicyclic) bond motifs is 1. The Morgan fingerprint density at radius 1 is 1.29 bits per heavy atom. The lowest BCUT2D eigenvalue weighted by Crippen LogP contribution is -2.24. The van der Waals surface area contributed by atoms with Gasteiger partial charge in [0.15, 0.2) is 0 Å². The van der Waals surface area contributed by atoms with Gasteiger partial charge in [0.1, 0.15) is 3.92 Å². The van der Waals surface area contributed by atoms with Crippen molar-refractivity contribution < 1.29 is 4.79 Å². The lowest BCUT2D eigenvalue weighted by molar-refractivity contribution is -0.114. The van der Waals surface area contributed by atoms with E-state index in [-0.39, 0.29) is 9.83 Å². The zero-order valence-electron chi connectivity index (χ0n) is 11.4. The second-order valence-electron chi connectivity index (χ2n) is 5.00. The number of alkyl halides is 1. The van der Waals surface area contributed by atoms with E-state index in [4.69, 9.17) is 0 Å². The summed E-state index contributed by atoms with van der Waals surface area (Å²) >= 11 is 2.21. The number of halogens is 1. The van der Waals surface area contributed by atoms with Crippen molar-refractivity contribution in [2.24, 2.45) is 0 Å². The molecule has 1 heterocycles. The summed E-state index contributed by atoms with van der Waals surface area (Å²) in [6.45, 7) is 0. The average molecular weight is 390 g/mol. The van der Waals surface area contributed by atoms with Gasteiger partial charge in [-0.2, -0.15) is 0 Å². The number of anilines is 1. The maximum absolute atomic E-state index is 12.4. The Morgan fingerprint density at radius 3 is 3.00 bits per heavy atom. The van der Waals surface area contributed by atoms with E-state index in [2.05, 4.69) is 39.0 Å². The summed E-state index contributed by atoms with van der Waals surface area (Å²) < 4.78 is -0.124. The molecule has 1 N–H and O–H groups in total. The van der Waals surface area contributed by atoms with Crippen LogP contribution in [0.3, 0.4) is 0 Å². The molecule has 3 nitrogen and oxygen atoms in total. The first-order valence-corrected chi connectivity index (χ1v) is 8.13. The molecule has 0 aliphatic heterocycles. The van der Waals surface area contributed by atoms with Crippen molar-refractivity contribution in [3.05, 3.63) is 60.5 Å². The molecular weight excluding hydrogens is 375 g/mol. The Morgan fingerprint density at radius 2 is 2.19 bits per heavy atom. The van der Waals surface area contributed by atoms with Gasteiger partial charge in [-0.05, 0) is 42.0 Å². The molecule has 1 atom stereocenters. The smallest absolute Gasteiger partial charge is 0.241 e. The quantitative estimate of drug-likeness (QED) is 0.629. The fourth-order valence-electron chi connectivity index (χ4n) is 2.37. The summed E-state index contributed by atoms with van der Waals surface area (Å²) in [7, 11) is 0. The lowest BCUT2D eigenvalue weighted by atomic mass is 10.0. The number of carbonyl (C=O) groups excluding carboxylic acids is 1. The molecule has 1 aromatic carbocycles. The predicted molar refractivity (Wildman–Crippen MR) is 94.6 cm³/mol. The number of nitrogens with zero attached hydrogens (tertiary/aromatic N) is 1. The average Bonchev–Trinajstić information content (AvgIpc) is 2.55. The summed E-state index contributed by atoms with van der Waals surface area (Å²) in [6.07, 6.45) is 11.8. The summed E-state index contributed by atoms with van der Waals surface area (Å²) in [4.78, 5) is 16.4. The number of carbonyl (C=O) groups is 1. The van der Waals surface area contributed by atoms with E-state index in [1.165, 1.54) is 5.57 Å². The molecule has 1 aromatic heterocycles. The third kappa shape index (κ3) is 3.32. The maximum Gasteiger partial charge on any atom is 0.241 e. The third-order valence-electron chi connectivity index (χ3n) is 3.51. The standard InChI is InChI=1S/C17H15IN2O/c18-16(12-4-2-1-3-5-12)17(21)20-15-7-6-14-11-19-9-8-13(14)10-15/h1-2,4,6-11,16H,3,5H2,(H,20,21)/t16-/m1/s1. The Balaban J connectivity index is 1.76. The number of hydrogen-bond acceptors (Lipinski definition) is 2. The highest BCUT2D eigenvalue weighted by atomic mass is 127. The number of allylic oxidation sites excluding steroid dienone is 3. The molecule has 0 spiro atoms. The van der Waals surface area contributed by atoms with Crippen molar-refractivity contribution in [3.8, 4) is 0 Å². The van der Waals surface area contributed by atoms with Crippen molar-refractivity contribution in [1.82, 2.24) is 4.98 Å². The summed E-state index contributed by atoms with van der Waals surface area (Å²) in [6, 6.07) is 7.82. The first-order chi connectivity index (χ1) is 10.2. The van der Waals surface area contributed by atoms with Gasteiger partial charge in [-0.15, -0.1) is 0 Å². The van der Waals surface area contributed by atoms with Crippen molar-refractivity contribution in [2.75, 3.05) is 5.32 Å². The molecule has 0 radical (unpaired) electrons. The highest BCUT2D eigenvalue weighted by molar-refractivity contribution is 14.1. The Hall–Kier alpha value is -1.69. The van der Waals surface area contributed by atoms with Gasteiger partial charge in [0.05, 0.1) is 0 Å². The predicted octanol–water partition coefficient (Wildman–Crippen LogP) is 4.25. The van der Waals surface area contributed by atoms with Crippen molar-refractivity contribution in [3.63, 3.8) is 0 Å². The number of benzene rings is 1. The van der Waals surface area contributed by atoms with Crippen molar-refractivity contribution in [2.45, 2.75) is 16.8 Å². The van der Waals surface area contributed by atoms with Crippen LogP contribution in [0.2, 0.25) is 0 Å². The van der Waals surface area contributed by atoms with Crippen LogP contribution in [0.1, 0.15) is 12.8 Å². The Bertz CT molecular complexity index is 736. The van der Waals surface area contributed by atoms with Crippen LogP contribution in [0.15, 0.2) is 60.5 Å². The van der Waals surface area contributed by atoms with Gasteiger partial charge >= 0.3 is 0 Å². The minimum absolute atomic E-state index is 0.0329. The van der Waals surface area contributed by atoms with Gasteiger partial charge < -0.3 is 5.32 Å². The van der Waals surface area contributed by atoms with Crippen LogP contribution < -0.4 is 5.32 Å². The van der Waals surface area contributed by atoms with Gasteiger partial charge in [-0.25, -0.2) is 0 Å². The molecule has 1 aliphatic rings.